The summed E-state index contributed by atoms with van der Waals surface area (Å²) in [5, 5.41) is 0.254. The molecule has 14 heavy (non-hydrogen) atoms. The minimum Gasteiger partial charge on any atom is -0.298 e. The summed E-state index contributed by atoms with van der Waals surface area (Å²) in [5.41, 5.74) is 1.14. The number of hydrogen-bond acceptors (Lipinski definition) is 1. The van der Waals surface area contributed by atoms with E-state index in [2.05, 4.69) is 15.9 Å². The molecule has 4 heteroatoms. The Bertz CT molecular complexity index is 341. The predicted molar refractivity (Wildman–Crippen MR) is 58.5 cm³/mol. The maximum Gasteiger partial charge on any atom is 0.147 e. The zero-order chi connectivity index (χ0) is 10.6. The summed E-state index contributed by atoms with van der Waals surface area (Å²) in [5.74, 6) is -0.121. The first kappa shape index (κ1) is 11.7. The minimum absolute atomic E-state index is 0.0393. The van der Waals surface area contributed by atoms with E-state index < -0.39 is 0 Å². The molecule has 0 unspecified atom stereocenters. The van der Waals surface area contributed by atoms with Crippen LogP contribution in [-0.4, -0.2) is 11.1 Å². The van der Waals surface area contributed by atoms with Gasteiger partial charge in [-0.05, 0) is 17.2 Å². The third kappa shape index (κ3) is 3.07. The van der Waals surface area contributed by atoms with Crippen molar-refractivity contribution >= 4 is 33.3 Å². The number of hydrogen-bond donors (Lipinski definition) is 0. The molecule has 0 spiro atoms. The number of carbonyl (C=O) groups excluding carboxylic acids is 1. The molecule has 0 fully saturated rings. The van der Waals surface area contributed by atoms with Crippen LogP contribution in [0.5, 0.6) is 0 Å². The van der Waals surface area contributed by atoms with Crippen LogP contribution in [0.3, 0.4) is 0 Å². The van der Waals surface area contributed by atoms with E-state index in [4.69, 9.17) is 11.6 Å². The summed E-state index contributed by atoms with van der Waals surface area (Å²) in [6.07, 6.45) is 0.125. The van der Waals surface area contributed by atoms with Crippen molar-refractivity contribution < 1.29 is 9.18 Å². The lowest BCUT2D eigenvalue weighted by Crippen LogP contribution is -2.05. The Morgan fingerprint density at radius 3 is 2.71 bits per heavy atom. The van der Waals surface area contributed by atoms with Crippen LogP contribution < -0.4 is 0 Å². The Morgan fingerprint density at radius 1 is 1.50 bits per heavy atom. The molecule has 1 nitrogen and oxygen atoms in total. The highest BCUT2D eigenvalue weighted by Crippen LogP contribution is 2.13. The van der Waals surface area contributed by atoms with Gasteiger partial charge in [-0.25, -0.2) is 4.39 Å². The number of alkyl halides is 2. The number of ketones is 1. The first-order valence-electron chi connectivity index (χ1n) is 4.08. The van der Waals surface area contributed by atoms with Crippen molar-refractivity contribution in [2.75, 3.05) is 5.33 Å². The maximum absolute atomic E-state index is 13.3. The molecule has 0 aliphatic carbocycles. The number of benzene rings is 1. The molecule has 0 aromatic heterocycles. The number of halogens is 3. The largest absolute Gasteiger partial charge is 0.298 e. The molecule has 0 heterocycles. The van der Waals surface area contributed by atoms with Crippen LogP contribution >= 0.6 is 27.5 Å². The molecule has 0 atom stereocenters. The molecule has 76 valence electrons. The molecule has 0 N–H and O–H groups in total. The average molecular weight is 280 g/mol. The van der Waals surface area contributed by atoms with Gasteiger partial charge in [0, 0.05) is 12.3 Å². The Labute approximate surface area is 95.4 Å². The van der Waals surface area contributed by atoms with Gasteiger partial charge in [0.1, 0.15) is 11.6 Å². The van der Waals surface area contributed by atoms with Gasteiger partial charge in [0.25, 0.3) is 0 Å². The number of rotatable bonds is 4. The van der Waals surface area contributed by atoms with Crippen LogP contribution in [0.15, 0.2) is 18.2 Å². The van der Waals surface area contributed by atoms with E-state index >= 15 is 0 Å². The second-order valence-electron chi connectivity index (χ2n) is 2.91. The average Bonchev–Trinajstić information content (AvgIpc) is 2.20. The zero-order valence-corrected chi connectivity index (χ0v) is 9.74. The maximum atomic E-state index is 13.3. The predicted octanol–water partition coefficient (Wildman–Crippen LogP) is 3.07. The van der Waals surface area contributed by atoms with Crippen molar-refractivity contribution in [1.82, 2.24) is 0 Å². The number of carbonyl (C=O) groups is 1. The summed E-state index contributed by atoms with van der Waals surface area (Å²) in [4.78, 5) is 11.0. The van der Waals surface area contributed by atoms with Gasteiger partial charge in [-0.2, -0.15) is 0 Å². The van der Waals surface area contributed by atoms with Crippen molar-refractivity contribution in [3.05, 3.63) is 35.1 Å². The standard InChI is InChI=1S/C10H9BrClFO/c11-5-9(14)4-8-2-1-7(6-12)3-10(8)13/h1-3H,4-6H2. The normalized spacial score (nSPS) is 10.2. The van der Waals surface area contributed by atoms with Gasteiger partial charge < -0.3 is 0 Å². The third-order valence-electron chi connectivity index (χ3n) is 1.81. The van der Waals surface area contributed by atoms with Crippen molar-refractivity contribution in [2.24, 2.45) is 0 Å². The molecule has 0 saturated carbocycles. The van der Waals surface area contributed by atoms with E-state index in [0.717, 1.165) is 5.56 Å². The summed E-state index contributed by atoms with van der Waals surface area (Å²) in [7, 11) is 0. The summed E-state index contributed by atoms with van der Waals surface area (Å²) in [6, 6.07) is 4.70. The lowest BCUT2D eigenvalue weighted by atomic mass is 10.1. The summed E-state index contributed by atoms with van der Waals surface area (Å²) < 4.78 is 13.3. The second-order valence-corrected chi connectivity index (χ2v) is 3.74. The highest BCUT2D eigenvalue weighted by molar-refractivity contribution is 9.09. The fourth-order valence-corrected chi connectivity index (χ4v) is 1.44. The van der Waals surface area contributed by atoms with E-state index in [1.54, 1.807) is 12.1 Å². The third-order valence-corrected chi connectivity index (χ3v) is 2.74. The molecule has 0 aliphatic heterocycles. The Kier molecular flexibility index (Phi) is 4.55. The topological polar surface area (TPSA) is 17.1 Å². The molecule has 0 bridgehead atoms. The first-order chi connectivity index (χ1) is 6.67. The molecule has 1 rings (SSSR count). The van der Waals surface area contributed by atoms with Crippen LogP contribution in [-0.2, 0) is 17.1 Å². The van der Waals surface area contributed by atoms with Crippen LogP contribution in [0, 0.1) is 5.82 Å². The molecule has 1 aromatic carbocycles. The van der Waals surface area contributed by atoms with Gasteiger partial charge in [-0.3, -0.25) is 4.79 Å². The minimum atomic E-state index is -0.363. The second kappa shape index (κ2) is 5.47. The molecular formula is C10H9BrClFO. The van der Waals surface area contributed by atoms with Crippen LogP contribution in [0.25, 0.3) is 0 Å². The van der Waals surface area contributed by atoms with Gasteiger partial charge in [-0.1, -0.05) is 28.1 Å². The van der Waals surface area contributed by atoms with Crippen molar-refractivity contribution in [2.45, 2.75) is 12.3 Å². The summed E-state index contributed by atoms with van der Waals surface area (Å²) in [6.45, 7) is 0. The Balaban J connectivity index is 2.83. The smallest absolute Gasteiger partial charge is 0.147 e. The first-order valence-corrected chi connectivity index (χ1v) is 5.74. The Hall–Kier alpha value is -0.410. The van der Waals surface area contributed by atoms with Crippen LogP contribution in [0.2, 0.25) is 0 Å². The molecule has 0 radical (unpaired) electrons. The van der Waals surface area contributed by atoms with E-state index in [0.29, 0.717) is 5.56 Å². The molecule has 0 aliphatic rings. The van der Waals surface area contributed by atoms with E-state index in [1.165, 1.54) is 6.07 Å². The van der Waals surface area contributed by atoms with Gasteiger partial charge in [0.2, 0.25) is 0 Å². The zero-order valence-electron chi connectivity index (χ0n) is 7.40. The highest BCUT2D eigenvalue weighted by atomic mass is 79.9. The lowest BCUT2D eigenvalue weighted by molar-refractivity contribution is -0.115. The molecule has 0 saturated heterocycles. The number of Topliss-reactive ketones (excluding diaryl/α,β-unsaturated/α-hetero) is 1. The fourth-order valence-electron chi connectivity index (χ4n) is 1.08. The quantitative estimate of drug-likeness (QED) is 0.774. The van der Waals surface area contributed by atoms with Gasteiger partial charge >= 0.3 is 0 Å². The van der Waals surface area contributed by atoms with E-state index in [1.807, 2.05) is 0 Å². The van der Waals surface area contributed by atoms with E-state index in [9.17, 15) is 9.18 Å². The monoisotopic (exact) mass is 278 g/mol. The van der Waals surface area contributed by atoms with Gasteiger partial charge in [0.15, 0.2) is 0 Å². The fraction of sp³-hybridized carbons (Fsp3) is 0.300. The van der Waals surface area contributed by atoms with Crippen molar-refractivity contribution in [3.63, 3.8) is 0 Å². The van der Waals surface area contributed by atoms with Crippen molar-refractivity contribution in [3.8, 4) is 0 Å². The highest BCUT2D eigenvalue weighted by Gasteiger charge is 2.07. The van der Waals surface area contributed by atoms with E-state index in [-0.39, 0.29) is 29.2 Å². The van der Waals surface area contributed by atoms with Crippen LogP contribution in [0.4, 0.5) is 4.39 Å². The lowest BCUT2D eigenvalue weighted by Gasteiger charge is -2.02. The van der Waals surface area contributed by atoms with Gasteiger partial charge in [-0.15, -0.1) is 11.6 Å². The molecule has 0 amide bonds. The van der Waals surface area contributed by atoms with Crippen molar-refractivity contribution in [1.29, 1.82) is 0 Å². The summed E-state index contributed by atoms with van der Waals surface area (Å²) >= 11 is 8.57. The Morgan fingerprint density at radius 2 is 2.21 bits per heavy atom. The van der Waals surface area contributed by atoms with Crippen LogP contribution in [0.1, 0.15) is 11.1 Å². The molecule has 1 aromatic rings. The van der Waals surface area contributed by atoms with Gasteiger partial charge in [0.05, 0.1) is 5.33 Å². The molecular weight excluding hydrogens is 270 g/mol. The SMILES string of the molecule is O=C(CBr)Cc1ccc(CCl)cc1F.